The molecule has 24 heavy (non-hydrogen) atoms. The zero-order chi connectivity index (χ0) is 16.4. The minimum atomic E-state index is 0.729. The molecule has 0 amide bonds. The molecule has 0 aliphatic rings. The lowest BCUT2D eigenvalue weighted by atomic mass is 10.2. The van der Waals surface area contributed by atoms with Crippen LogP contribution in [0.2, 0.25) is 5.02 Å². The van der Waals surface area contributed by atoms with Gasteiger partial charge < -0.3 is 0 Å². The number of fused-ring (bicyclic) bond motifs is 1. The molecular weight excluding hydrogens is 336 g/mol. The number of aliphatic imine (C=N–C) groups is 1. The summed E-state index contributed by atoms with van der Waals surface area (Å²) < 4.78 is 1.21. The number of rotatable bonds is 3. The zero-order valence-electron chi connectivity index (χ0n) is 12.7. The summed E-state index contributed by atoms with van der Waals surface area (Å²) in [5.74, 6) is 0. The second kappa shape index (κ2) is 6.56. The van der Waals surface area contributed by atoms with E-state index in [1.807, 2.05) is 60.8 Å². The van der Waals surface area contributed by atoms with Gasteiger partial charge in [-0.1, -0.05) is 35.9 Å². The highest BCUT2D eigenvalue weighted by Crippen LogP contribution is 2.30. The number of halogens is 1. The van der Waals surface area contributed by atoms with Gasteiger partial charge in [-0.3, -0.25) is 4.99 Å². The van der Waals surface area contributed by atoms with Gasteiger partial charge >= 0.3 is 0 Å². The average Bonchev–Trinajstić information content (AvgIpc) is 3.06. The Bertz CT molecular complexity index is 969. The van der Waals surface area contributed by atoms with Crippen LogP contribution < -0.4 is 0 Å². The van der Waals surface area contributed by atoms with Gasteiger partial charge in [-0.2, -0.15) is 0 Å². The van der Waals surface area contributed by atoms with Crippen LogP contribution in [-0.4, -0.2) is 11.2 Å². The van der Waals surface area contributed by atoms with Crippen molar-refractivity contribution in [2.45, 2.75) is 0 Å². The van der Waals surface area contributed by atoms with Crippen molar-refractivity contribution in [3.8, 4) is 10.6 Å². The Labute approximate surface area is 149 Å². The maximum Gasteiger partial charge on any atom is 0.124 e. The summed E-state index contributed by atoms with van der Waals surface area (Å²) in [6.07, 6.45) is 1.84. The first-order valence-corrected chi connectivity index (χ1v) is 8.73. The van der Waals surface area contributed by atoms with E-state index >= 15 is 0 Å². The van der Waals surface area contributed by atoms with Crippen LogP contribution in [0.1, 0.15) is 5.56 Å². The molecule has 0 aliphatic heterocycles. The number of thiazole rings is 1. The van der Waals surface area contributed by atoms with Gasteiger partial charge in [0.1, 0.15) is 5.01 Å². The number of hydrogen-bond donors (Lipinski definition) is 0. The summed E-state index contributed by atoms with van der Waals surface area (Å²) in [6.45, 7) is 0. The predicted molar refractivity (Wildman–Crippen MR) is 104 cm³/mol. The van der Waals surface area contributed by atoms with Crippen LogP contribution in [-0.2, 0) is 0 Å². The number of hydrogen-bond acceptors (Lipinski definition) is 3. The van der Waals surface area contributed by atoms with Crippen LogP contribution >= 0.6 is 22.9 Å². The molecule has 0 saturated heterocycles. The van der Waals surface area contributed by atoms with Crippen LogP contribution in [0.3, 0.4) is 0 Å². The summed E-state index contributed by atoms with van der Waals surface area (Å²) in [6, 6.07) is 23.9. The van der Waals surface area contributed by atoms with E-state index in [4.69, 9.17) is 11.6 Å². The second-order valence-corrected chi connectivity index (χ2v) is 6.81. The number of aromatic nitrogens is 1. The molecule has 4 heteroatoms. The normalized spacial score (nSPS) is 11.4. The molecule has 1 heterocycles. The summed E-state index contributed by atoms with van der Waals surface area (Å²) in [5.41, 5.74) is 4.09. The lowest BCUT2D eigenvalue weighted by Crippen LogP contribution is -1.79. The maximum absolute atomic E-state index is 5.88. The Morgan fingerprint density at radius 1 is 0.875 bits per heavy atom. The van der Waals surface area contributed by atoms with E-state index in [-0.39, 0.29) is 0 Å². The van der Waals surface area contributed by atoms with E-state index in [9.17, 15) is 0 Å². The minimum Gasteiger partial charge on any atom is -0.256 e. The molecule has 0 radical (unpaired) electrons. The molecule has 4 aromatic rings. The van der Waals surface area contributed by atoms with E-state index in [1.165, 1.54) is 4.70 Å². The van der Waals surface area contributed by atoms with Gasteiger partial charge in [0, 0.05) is 16.8 Å². The van der Waals surface area contributed by atoms with Gasteiger partial charge in [0.05, 0.1) is 15.9 Å². The molecule has 0 spiro atoms. The quantitative estimate of drug-likeness (QED) is 0.395. The Kier molecular flexibility index (Phi) is 4.11. The molecule has 0 unspecified atom stereocenters. The van der Waals surface area contributed by atoms with E-state index in [0.29, 0.717) is 0 Å². The lowest BCUT2D eigenvalue weighted by molar-refractivity contribution is 1.46. The van der Waals surface area contributed by atoms with Crippen molar-refractivity contribution in [1.29, 1.82) is 0 Å². The predicted octanol–water partition coefficient (Wildman–Crippen LogP) is 6.37. The van der Waals surface area contributed by atoms with Gasteiger partial charge in [-0.15, -0.1) is 11.3 Å². The maximum atomic E-state index is 5.88. The third kappa shape index (κ3) is 3.23. The Hall–Kier alpha value is -2.49. The van der Waals surface area contributed by atoms with Crippen LogP contribution in [0.25, 0.3) is 20.8 Å². The van der Waals surface area contributed by atoms with Crippen molar-refractivity contribution < 1.29 is 0 Å². The first kappa shape index (κ1) is 15.1. The molecule has 116 valence electrons. The molecular formula is C20H13ClN2S. The van der Waals surface area contributed by atoms with Crippen molar-refractivity contribution in [2.24, 2.45) is 4.99 Å². The third-order valence-electron chi connectivity index (χ3n) is 3.64. The zero-order valence-corrected chi connectivity index (χ0v) is 14.3. The highest BCUT2D eigenvalue weighted by molar-refractivity contribution is 7.21. The molecule has 0 bridgehead atoms. The molecule has 0 atom stereocenters. The van der Waals surface area contributed by atoms with Crippen molar-refractivity contribution in [1.82, 2.24) is 4.98 Å². The number of para-hydroxylation sites is 1. The average molecular weight is 349 g/mol. The van der Waals surface area contributed by atoms with Crippen molar-refractivity contribution in [2.75, 3.05) is 0 Å². The van der Waals surface area contributed by atoms with E-state index in [2.05, 4.69) is 28.2 Å². The van der Waals surface area contributed by atoms with E-state index in [0.717, 1.165) is 32.4 Å². The molecule has 2 nitrogen and oxygen atoms in total. The monoisotopic (exact) mass is 348 g/mol. The second-order valence-electron chi connectivity index (χ2n) is 5.34. The highest BCUT2D eigenvalue weighted by Gasteiger charge is 2.05. The fraction of sp³-hybridized carbons (Fsp3) is 0. The molecule has 0 aliphatic carbocycles. The van der Waals surface area contributed by atoms with Crippen LogP contribution in [0.4, 0.5) is 5.69 Å². The molecule has 3 aromatic carbocycles. The Morgan fingerprint density at radius 3 is 2.38 bits per heavy atom. The summed E-state index contributed by atoms with van der Waals surface area (Å²) in [7, 11) is 0. The fourth-order valence-corrected chi connectivity index (χ4v) is 3.48. The summed E-state index contributed by atoms with van der Waals surface area (Å²) in [5, 5.41) is 1.76. The summed E-state index contributed by atoms with van der Waals surface area (Å²) in [4.78, 5) is 9.18. The van der Waals surface area contributed by atoms with Gasteiger partial charge in [0.2, 0.25) is 0 Å². The molecule has 1 aromatic heterocycles. The topological polar surface area (TPSA) is 25.2 Å². The summed E-state index contributed by atoms with van der Waals surface area (Å²) >= 11 is 7.59. The first-order valence-electron chi connectivity index (χ1n) is 7.54. The Morgan fingerprint density at radius 2 is 1.62 bits per heavy atom. The first-order chi connectivity index (χ1) is 11.8. The number of nitrogens with zero attached hydrogens (tertiary/aromatic N) is 2. The van der Waals surface area contributed by atoms with Gasteiger partial charge in [-0.05, 0) is 54.1 Å². The van der Waals surface area contributed by atoms with Crippen molar-refractivity contribution in [3.63, 3.8) is 0 Å². The van der Waals surface area contributed by atoms with Gasteiger partial charge in [0.25, 0.3) is 0 Å². The third-order valence-corrected chi connectivity index (χ3v) is 4.98. The van der Waals surface area contributed by atoms with Gasteiger partial charge in [0.15, 0.2) is 0 Å². The van der Waals surface area contributed by atoms with Crippen LogP contribution in [0, 0.1) is 0 Å². The largest absolute Gasteiger partial charge is 0.256 e. The SMILES string of the molecule is Clc1ccc(C=Nc2ccc(-c3nc4ccccc4s3)cc2)cc1. The van der Waals surface area contributed by atoms with Crippen molar-refractivity contribution >= 4 is 45.1 Å². The van der Waals surface area contributed by atoms with E-state index < -0.39 is 0 Å². The van der Waals surface area contributed by atoms with Crippen LogP contribution in [0.5, 0.6) is 0 Å². The molecule has 0 N–H and O–H groups in total. The molecule has 4 rings (SSSR count). The van der Waals surface area contributed by atoms with E-state index in [1.54, 1.807) is 11.3 Å². The van der Waals surface area contributed by atoms with Crippen LogP contribution in [0.15, 0.2) is 77.8 Å². The highest BCUT2D eigenvalue weighted by atomic mass is 35.5. The smallest absolute Gasteiger partial charge is 0.124 e. The van der Waals surface area contributed by atoms with Gasteiger partial charge in [-0.25, -0.2) is 4.98 Å². The Balaban J connectivity index is 1.57. The molecule has 0 saturated carbocycles. The standard InChI is InChI=1S/C20H13ClN2S/c21-16-9-5-14(6-10-16)13-22-17-11-7-15(8-12-17)20-23-18-3-1-2-4-19(18)24-20/h1-13H. The minimum absolute atomic E-state index is 0.729. The van der Waals surface area contributed by atoms with Crippen molar-refractivity contribution in [3.05, 3.63) is 83.4 Å². The fourth-order valence-electron chi connectivity index (χ4n) is 2.38. The molecule has 0 fully saturated rings. The number of benzene rings is 3. The lowest BCUT2D eigenvalue weighted by Gasteiger charge is -1.98.